The van der Waals surface area contributed by atoms with E-state index in [1.54, 1.807) is 4.90 Å². The Labute approximate surface area is 155 Å². The Morgan fingerprint density at radius 1 is 1.15 bits per heavy atom. The van der Waals surface area contributed by atoms with Crippen LogP contribution in [0.1, 0.15) is 23.7 Å². The third-order valence-corrected chi connectivity index (χ3v) is 5.08. The van der Waals surface area contributed by atoms with Crippen LogP contribution in [-0.4, -0.2) is 27.6 Å². The number of hydrogen-bond acceptors (Lipinski definition) is 4. The molecule has 0 spiro atoms. The summed E-state index contributed by atoms with van der Waals surface area (Å²) in [5.41, 5.74) is 3.97. The third kappa shape index (κ3) is 2.79. The molecule has 0 aliphatic carbocycles. The first-order valence-corrected chi connectivity index (χ1v) is 8.95. The standard InChI is InChI=1S/C21H18N4O2/c1-13-2-6-17(7-3-13)25-12-16(11-19(25)26)20-23-21(27-24-20)15-5-4-14-8-9-22-18(14)10-15/h2-10,16,22H,11-12H2,1H3. The molecule has 1 atom stereocenters. The van der Waals surface area contributed by atoms with Crippen molar-refractivity contribution in [3.8, 4) is 11.5 Å². The maximum absolute atomic E-state index is 12.5. The minimum absolute atomic E-state index is 0.0643. The van der Waals surface area contributed by atoms with Crippen molar-refractivity contribution in [1.29, 1.82) is 0 Å². The fourth-order valence-electron chi connectivity index (χ4n) is 3.55. The maximum atomic E-state index is 12.5. The highest BCUT2D eigenvalue weighted by Crippen LogP contribution is 2.32. The molecule has 4 aromatic rings. The normalized spacial score (nSPS) is 17.1. The summed E-state index contributed by atoms with van der Waals surface area (Å²) >= 11 is 0. The van der Waals surface area contributed by atoms with Crippen LogP contribution in [0.25, 0.3) is 22.4 Å². The van der Waals surface area contributed by atoms with Crippen LogP contribution in [0.3, 0.4) is 0 Å². The van der Waals surface area contributed by atoms with Gasteiger partial charge in [0.2, 0.25) is 5.91 Å². The first kappa shape index (κ1) is 15.8. The predicted octanol–water partition coefficient (Wildman–Crippen LogP) is 4.05. The number of anilines is 1. The SMILES string of the molecule is Cc1ccc(N2CC(c3noc(-c4ccc5cc[nH]c5c4)n3)CC2=O)cc1. The number of aryl methyl sites for hydroxylation is 1. The molecule has 3 heterocycles. The average Bonchev–Trinajstić information content (AvgIpc) is 3.41. The zero-order chi connectivity index (χ0) is 18.4. The molecule has 1 N–H and O–H groups in total. The summed E-state index contributed by atoms with van der Waals surface area (Å²) in [7, 11) is 0. The van der Waals surface area contributed by atoms with Crippen LogP contribution >= 0.6 is 0 Å². The second-order valence-electron chi connectivity index (χ2n) is 6.98. The molecule has 1 aliphatic heterocycles. The molecule has 1 amide bonds. The van der Waals surface area contributed by atoms with Crippen LogP contribution in [0, 0.1) is 6.92 Å². The molecular weight excluding hydrogens is 340 g/mol. The summed E-state index contributed by atoms with van der Waals surface area (Å²) in [6.07, 6.45) is 2.29. The minimum Gasteiger partial charge on any atom is -0.361 e. The smallest absolute Gasteiger partial charge is 0.258 e. The zero-order valence-corrected chi connectivity index (χ0v) is 14.8. The molecule has 1 unspecified atom stereocenters. The van der Waals surface area contributed by atoms with Crippen molar-refractivity contribution in [2.45, 2.75) is 19.3 Å². The molecule has 134 valence electrons. The lowest BCUT2D eigenvalue weighted by Crippen LogP contribution is -2.24. The second kappa shape index (κ2) is 6.09. The summed E-state index contributed by atoms with van der Waals surface area (Å²) in [4.78, 5) is 22.0. The molecule has 6 nitrogen and oxygen atoms in total. The highest BCUT2D eigenvalue weighted by molar-refractivity contribution is 5.96. The number of nitrogens with one attached hydrogen (secondary N) is 1. The van der Waals surface area contributed by atoms with Crippen molar-refractivity contribution >= 4 is 22.5 Å². The van der Waals surface area contributed by atoms with E-state index < -0.39 is 0 Å². The first-order chi connectivity index (χ1) is 13.2. The molecule has 1 fully saturated rings. The topological polar surface area (TPSA) is 75.0 Å². The van der Waals surface area contributed by atoms with Gasteiger partial charge < -0.3 is 14.4 Å². The van der Waals surface area contributed by atoms with Crippen molar-refractivity contribution in [3.05, 3.63) is 66.1 Å². The Kier molecular flexibility index (Phi) is 3.57. The van der Waals surface area contributed by atoms with Gasteiger partial charge in [0.15, 0.2) is 5.82 Å². The van der Waals surface area contributed by atoms with Gasteiger partial charge in [-0.1, -0.05) is 28.9 Å². The number of aromatic amines is 1. The van der Waals surface area contributed by atoms with E-state index in [4.69, 9.17) is 4.52 Å². The van der Waals surface area contributed by atoms with E-state index in [-0.39, 0.29) is 11.8 Å². The van der Waals surface area contributed by atoms with Crippen LogP contribution in [0.5, 0.6) is 0 Å². The number of carbonyl (C=O) groups excluding carboxylic acids is 1. The van der Waals surface area contributed by atoms with E-state index in [0.717, 1.165) is 22.2 Å². The summed E-state index contributed by atoms with van der Waals surface area (Å²) in [6, 6.07) is 16.0. The van der Waals surface area contributed by atoms with Gasteiger partial charge in [-0.3, -0.25) is 4.79 Å². The van der Waals surface area contributed by atoms with Crippen molar-refractivity contribution in [2.24, 2.45) is 0 Å². The van der Waals surface area contributed by atoms with E-state index in [1.807, 2.05) is 61.7 Å². The lowest BCUT2D eigenvalue weighted by atomic mass is 10.1. The molecule has 2 aromatic heterocycles. The van der Waals surface area contributed by atoms with E-state index in [2.05, 4.69) is 15.1 Å². The highest BCUT2D eigenvalue weighted by atomic mass is 16.5. The van der Waals surface area contributed by atoms with Gasteiger partial charge >= 0.3 is 0 Å². The zero-order valence-electron chi connectivity index (χ0n) is 14.8. The number of nitrogens with zero attached hydrogens (tertiary/aromatic N) is 3. The lowest BCUT2D eigenvalue weighted by Gasteiger charge is -2.16. The number of aromatic nitrogens is 3. The Morgan fingerprint density at radius 2 is 2.00 bits per heavy atom. The molecule has 2 aromatic carbocycles. The van der Waals surface area contributed by atoms with Crippen LogP contribution in [0.4, 0.5) is 5.69 Å². The number of amides is 1. The van der Waals surface area contributed by atoms with E-state index in [1.165, 1.54) is 5.56 Å². The Hall–Kier alpha value is -3.41. The predicted molar refractivity (Wildman–Crippen MR) is 102 cm³/mol. The van der Waals surface area contributed by atoms with Gasteiger partial charge in [0, 0.05) is 41.8 Å². The van der Waals surface area contributed by atoms with Gasteiger partial charge in [-0.25, -0.2) is 0 Å². The number of hydrogen-bond donors (Lipinski definition) is 1. The minimum atomic E-state index is -0.0643. The molecule has 5 rings (SSSR count). The van der Waals surface area contributed by atoms with Crippen molar-refractivity contribution in [1.82, 2.24) is 15.1 Å². The van der Waals surface area contributed by atoms with Crippen LogP contribution in [0.2, 0.25) is 0 Å². The maximum Gasteiger partial charge on any atom is 0.258 e. The molecule has 27 heavy (non-hydrogen) atoms. The second-order valence-corrected chi connectivity index (χ2v) is 6.98. The summed E-state index contributed by atoms with van der Waals surface area (Å²) < 4.78 is 5.48. The first-order valence-electron chi connectivity index (χ1n) is 8.95. The number of H-pyrrole nitrogens is 1. The van der Waals surface area contributed by atoms with Gasteiger partial charge in [-0.05, 0) is 42.6 Å². The third-order valence-electron chi connectivity index (χ3n) is 5.08. The molecule has 6 heteroatoms. The Balaban J connectivity index is 1.39. The quantitative estimate of drug-likeness (QED) is 0.599. The summed E-state index contributed by atoms with van der Waals surface area (Å²) in [5, 5.41) is 5.28. The molecule has 0 radical (unpaired) electrons. The van der Waals surface area contributed by atoms with Crippen LogP contribution < -0.4 is 4.90 Å². The van der Waals surface area contributed by atoms with Gasteiger partial charge in [0.1, 0.15) is 0 Å². The van der Waals surface area contributed by atoms with Gasteiger partial charge in [0.25, 0.3) is 5.89 Å². The Morgan fingerprint density at radius 3 is 2.85 bits per heavy atom. The fourth-order valence-corrected chi connectivity index (χ4v) is 3.55. The number of benzene rings is 2. The van der Waals surface area contributed by atoms with E-state index >= 15 is 0 Å². The fraction of sp³-hybridized carbons (Fsp3) is 0.190. The molecular formula is C21H18N4O2. The molecule has 0 bridgehead atoms. The monoisotopic (exact) mass is 358 g/mol. The van der Waals surface area contributed by atoms with E-state index in [0.29, 0.717) is 24.7 Å². The molecule has 1 aliphatic rings. The largest absolute Gasteiger partial charge is 0.361 e. The van der Waals surface area contributed by atoms with Crippen molar-refractivity contribution in [2.75, 3.05) is 11.4 Å². The van der Waals surface area contributed by atoms with E-state index in [9.17, 15) is 4.79 Å². The number of fused-ring (bicyclic) bond motifs is 1. The van der Waals surface area contributed by atoms with Crippen molar-refractivity contribution < 1.29 is 9.32 Å². The van der Waals surface area contributed by atoms with Gasteiger partial charge in [-0.2, -0.15) is 4.98 Å². The van der Waals surface area contributed by atoms with Gasteiger partial charge in [0.05, 0.1) is 0 Å². The van der Waals surface area contributed by atoms with Crippen LogP contribution in [0.15, 0.2) is 59.3 Å². The van der Waals surface area contributed by atoms with Gasteiger partial charge in [-0.15, -0.1) is 0 Å². The van der Waals surface area contributed by atoms with Crippen molar-refractivity contribution in [3.63, 3.8) is 0 Å². The average molecular weight is 358 g/mol. The molecule has 1 saturated heterocycles. The summed E-state index contributed by atoms with van der Waals surface area (Å²) in [5.74, 6) is 1.08. The Bertz CT molecular complexity index is 1130. The number of rotatable bonds is 3. The molecule has 0 saturated carbocycles. The lowest BCUT2D eigenvalue weighted by molar-refractivity contribution is -0.117. The van der Waals surface area contributed by atoms with Crippen LogP contribution in [-0.2, 0) is 4.79 Å². The number of carbonyl (C=O) groups is 1. The summed E-state index contributed by atoms with van der Waals surface area (Å²) in [6.45, 7) is 2.60. The highest BCUT2D eigenvalue weighted by Gasteiger charge is 2.34.